The Balaban J connectivity index is 1.36. The molecule has 10 nitrogen and oxygen atoms in total. The number of amides is 4. The van der Waals surface area contributed by atoms with Gasteiger partial charge in [0.05, 0.1) is 49.3 Å². The Hall–Kier alpha value is -6.13. The number of methoxy groups -OCH3 is 2. The van der Waals surface area contributed by atoms with Crippen molar-refractivity contribution in [1.82, 2.24) is 4.90 Å². The molecule has 0 saturated carbocycles. The van der Waals surface area contributed by atoms with Gasteiger partial charge in [-0.2, -0.15) is 0 Å². The van der Waals surface area contributed by atoms with Crippen molar-refractivity contribution >= 4 is 53.1 Å². The molecule has 8 rings (SSSR count). The van der Waals surface area contributed by atoms with Crippen LogP contribution in [-0.2, 0) is 28.7 Å². The predicted molar refractivity (Wildman–Crippen MR) is 193 cm³/mol. The molecule has 4 saturated heterocycles. The molecular weight excluding hydrogens is 658 g/mol. The van der Waals surface area contributed by atoms with Crippen LogP contribution in [0.2, 0.25) is 0 Å². The predicted octanol–water partition coefficient (Wildman–Crippen LogP) is 5.01. The van der Waals surface area contributed by atoms with Crippen LogP contribution in [0.4, 0.5) is 11.4 Å². The minimum absolute atomic E-state index is 0.353. The van der Waals surface area contributed by atoms with Gasteiger partial charge in [-0.25, -0.2) is 14.6 Å². The van der Waals surface area contributed by atoms with Crippen molar-refractivity contribution in [3.05, 3.63) is 139 Å². The van der Waals surface area contributed by atoms with E-state index in [2.05, 4.69) is 0 Å². The largest absolute Gasteiger partial charge is 0.497 e. The molecule has 10 heteroatoms. The molecule has 0 bridgehead atoms. The van der Waals surface area contributed by atoms with E-state index in [4.69, 9.17) is 9.47 Å². The summed E-state index contributed by atoms with van der Waals surface area (Å²) in [4.78, 5) is 77.8. The zero-order valence-electron chi connectivity index (χ0n) is 28.4. The summed E-state index contributed by atoms with van der Waals surface area (Å²) in [5, 5.41) is 0. The molecule has 4 aromatic rings. The third-order valence-corrected chi connectivity index (χ3v) is 10.9. The molecule has 0 aliphatic carbocycles. The Morgan fingerprint density at radius 1 is 0.577 bits per heavy atom. The summed E-state index contributed by atoms with van der Waals surface area (Å²) in [6, 6.07) is 32.1. The fourth-order valence-electron chi connectivity index (χ4n) is 8.86. The number of hydrogen-bond donors (Lipinski definition) is 0. The van der Waals surface area contributed by atoms with E-state index in [-0.39, 0.29) is 0 Å². The first-order valence-corrected chi connectivity index (χ1v) is 17.1. The maximum atomic E-state index is 14.9. The van der Waals surface area contributed by atoms with Crippen LogP contribution in [0.25, 0.3) is 12.2 Å². The number of ether oxygens (including phenoxy) is 2. The number of anilines is 2. The topological polar surface area (TPSA) is 114 Å². The van der Waals surface area contributed by atoms with E-state index in [9.17, 15) is 24.0 Å². The van der Waals surface area contributed by atoms with E-state index in [0.29, 0.717) is 17.1 Å². The highest BCUT2D eigenvalue weighted by atomic mass is 16.5. The summed E-state index contributed by atoms with van der Waals surface area (Å²) in [6.45, 7) is 0. The van der Waals surface area contributed by atoms with E-state index >= 15 is 0 Å². The molecule has 4 heterocycles. The molecule has 1 unspecified atom stereocenters. The second-order valence-corrected chi connectivity index (χ2v) is 13.3. The van der Waals surface area contributed by atoms with Gasteiger partial charge in [-0.15, -0.1) is 0 Å². The molecule has 4 aliphatic heterocycles. The minimum atomic E-state index is -2.00. The highest BCUT2D eigenvalue weighted by Crippen LogP contribution is 2.63. The minimum Gasteiger partial charge on any atom is -0.497 e. The fourth-order valence-corrected chi connectivity index (χ4v) is 8.86. The Morgan fingerprint density at radius 3 is 1.42 bits per heavy atom. The van der Waals surface area contributed by atoms with Gasteiger partial charge in [-0.05, 0) is 47.5 Å². The lowest BCUT2D eigenvalue weighted by Gasteiger charge is -2.40. The fraction of sp³-hybridized carbons (Fsp3) is 0.214. The van der Waals surface area contributed by atoms with Gasteiger partial charge in [-0.1, -0.05) is 103 Å². The van der Waals surface area contributed by atoms with Crippen molar-refractivity contribution in [3.8, 4) is 5.75 Å². The number of carbonyl (C=O) groups excluding carboxylic acids is 5. The molecule has 260 valence electrons. The van der Waals surface area contributed by atoms with Crippen LogP contribution in [0, 0.1) is 23.7 Å². The van der Waals surface area contributed by atoms with Crippen molar-refractivity contribution in [2.45, 2.75) is 17.6 Å². The quantitative estimate of drug-likeness (QED) is 0.187. The van der Waals surface area contributed by atoms with Gasteiger partial charge in [0, 0.05) is 12.1 Å². The first-order chi connectivity index (χ1) is 25.3. The molecule has 4 aliphatic rings. The maximum absolute atomic E-state index is 14.9. The maximum Gasteiger partial charge on any atom is 0.328 e. The van der Waals surface area contributed by atoms with E-state index < -0.39 is 70.9 Å². The molecule has 7 atom stereocenters. The van der Waals surface area contributed by atoms with E-state index in [1.165, 1.54) is 7.11 Å². The van der Waals surface area contributed by atoms with E-state index in [1.54, 1.807) is 90.9 Å². The van der Waals surface area contributed by atoms with Crippen molar-refractivity contribution in [2.75, 3.05) is 24.0 Å². The lowest BCUT2D eigenvalue weighted by atomic mass is 9.70. The summed E-state index contributed by atoms with van der Waals surface area (Å²) in [7, 11) is 2.78. The zero-order valence-corrected chi connectivity index (χ0v) is 28.4. The Labute approximate surface area is 300 Å². The average Bonchev–Trinajstić information content (AvgIpc) is 3.83. The SMILES string of the molecule is COC(=O)C12[C@@H]3C(=O)N(c4ccccc4)C(=O)[C@@H]3[C@H](/C=C/c3ccccc3)N1[C@@H](/C=C/c1ccc(OC)cc1)[C@H]1C(=O)N(c3ccccc3)C(=O)[C@H]12. The lowest BCUT2D eigenvalue weighted by molar-refractivity contribution is -0.162. The van der Waals surface area contributed by atoms with Gasteiger partial charge in [0.25, 0.3) is 0 Å². The van der Waals surface area contributed by atoms with Crippen LogP contribution < -0.4 is 14.5 Å². The van der Waals surface area contributed by atoms with Gasteiger partial charge < -0.3 is 9.47 Å². The molecule has 0 radical (unpaired) electrons. The molecule has 0 aromatic heterocycles. The van der Waals surface area contributed by atoms with Gasteiger partial charge >= 0.3 is 5.97 Å². The van der Waals surface area contributed by atoms with Crippen LogP contribution in [0.1, 0.15) is 11.1 Å². The highest BCUT2D eigenvalue weighted by molar-refractivity contribution is 6.28. The van der Waals surface area contributed by atoms with Gasteiger partial charge in [0.1, 0.15) is 11.3 Å². The third-order valence-electron chi connectivity index (χ3n) is 10.9. The van der Waals surface area contributed by atoms with Crippen LogP contribution >= 0.6 is 0 Å². The van der Waals surface area contributed by atoms with Crippen LogP contribution in [0.5, 0.6) is 5.75 Å². The lowest BCUT2D eigenvalue weighted by Crippen LogP contribution is -2.62. The van der Waals surface area contributed by atoms with Gasteiger partial charge in [-0.3, -0.25) is 24.1 Å². The molecule has 4 aromatic carbocycles. The number of carbonyl (C=O) groups is 5. The number of fused-ring (bicyclic) bond motifs is 5. The zero-order chi connectivity index (χ0) is 36.1. The van der Waals surface area contributed by atoms with Crippen LogP contribution in [0.15, 0.2) is 127 Å². The Bertz CT molecular complexity index is 2120. The number of nitrogens with zero attached hydrogens (tertiary/aromatic N) is 3. The summed E-state index contributed by atoms with van der Waals surface area (Å²) in [5.74, 6) is -7.24. The number of rotatable bonds is 8. The molecule has 52 heavy (non-hydrogen) atoms. The molecule has 4 fully saturated rings. The Kier molecular flexibility index (Phi) is 8.19. The summed E-state index contributed by atoms with van der Waals surface area (Å²) in [5.41, 5.74) is 0.318. The number of imide groups is 2. The molecule has 0 N–H and O–H groups in total. The highest BCUT2D eigenvalue weighted by Gasteiger charge is 2.83. The molecule has 4 amide bonds. The first kappa shape index (κ1) is 33.0. The third kappa shape index (κ3) is 4.78. The van der Waals surface area contributed by atoms with Crippen LogP contribution in [-0.4, -0.2) is 66.3 Å². The normalized spacial score (nSPS) is 28.2. The number of para-hydroxylation sites is 2. The average molecular weight is 694 g/mol. The number of esters is 1. The molecular formula is C42H35N3O7. The van der Waals surface area contributed by atoms with Crippen molar-refractivity contribution < 1.29 is 33.4 Å². The molecule has 0 spiro atoms. The van der Waals surface area contributed by atoms with Gasteiger partial charge in [0.2, 0.25) is 23.6 Å². The number of benzene rings is 4. The standard InChI is InChI=1S/C42H35N3O7/c1-51-30-22-18-27(19-23-30)21-25-32-34-36(40(49)44(38(34)47)29-16-10-5-11-17-29)42(41(50)52-2)35-33(31(45(32)42)24-20-26-12-6-3-7-13-26)37(46)43(39(35)48)28-14-8-4-9-15-28/h3-25,31-36H,1-2H3/b24-20+,25-21+/t31-,32-,33+,34+,35-,36-,42?/m0/s1. The first-order valence-electron chi connectivity index (χ1n) is 17.1. The van der Waals surface area contributed by atoms with Crippen molar-refractivity contribution in [1.29, 1.82) is 0 Å². The number of hydrogen-bond acceptors (Lipinski definition) is 8. The van der Waals surface area contributed by atoms with Crippen LogP contribution in [0.3, 0.4) is 0 Å². The Morgan fingerprint density at radius 2 is 1.00 bits per heavy atom. The summed E-state index contributed by atoms with van der Waals surface area (Å²) < 4.78 is 10.9. The van der Waals surface area contributed by atoms with E-state index in [0.717, 1.165) is 20.9 Å². The second-order valence-electron chi connectivity index (χ2n) is 13.3. The summed E-state index contributed by atoms with van der Waals surface area (Å²) >= 11 is 0. The smallest absolute Gasteiger partial charge is 0.328 e. The second kappa shape index (κ2) is 12.9. The van der Waals surface area contributed by atoms with E-state index in [1.807, 2.05) is 60.7 Å². The summed E-state index contributed by atoms with van der Waals surface area (Å²) in [6.07, 6.45) is 7.29. The monoisotopic (exact) mass is 693 g/mol. The van der Waals surface area contributed by atoms with Gasteiger partial charge in [0.15, 0.2) is 0 Å². The van der Waals surface area contributed by atoms with Crippen molar-refractivity contribution in [2.24, 2.45) is 23.7 Å². The van der Waals surface area contributed by atoms with Crippen molar-refractivity contribution in [3.63, 3.8) is 0 Å².